The number of nitrogens with zero attached hydrogens (tertiary/aromatic N) is 3. The Balaban J connectivity index is 1.46. The number of rotatable bonds is 9. The van der Waals surface area contributed by atoms with Crippen molar-refractivity contribution < 1.29 is 19.4 Å². The number of hydroxylamine groups is 2. The molecule has 1 unspecified atom stereocenters. The van der Waals surface area contributed by atoms with Crippen molar-refractivity contribution >= 4 is 0 Å². The van der Waals surface area contributed by atoms with Gasteiger partial charge >= 0.3 is 0 Å². The van der Waals surface area contributed by atoms with Crippen LogP contribution in [0.15, 0.2) is 18.2 Å². The molecule has 3 rings (SSSR count). The number of β-amino-alcohol motifs (C(OH)–C–C–N with tert-alkyl or cyclic N) is 1. The minimum atomic E-state index is -0.515. The monoisotopic (exact) mass is 393 g/mol. The normalized spacial score (nSPS) is 20.8. The zero-order valence-corrected chi connectivity index (χ0v) is 17.3. The van der Waals surface area contributed by atoms with Crippen LogP contribution in [0.1, 0.15) is 25.3 Å². The first-order chi connectivity index (χ1) is 13.7. The first-order valence-electron chi connectivity index (χ1n) is 10.5. The molecule has 0 saturated carbocycles. The smallest absolute Gasteiger partial charge is 0.161 e. The lowest BCUT2D eigenvalue weighted by molar-refractivity contribution is -0.187. The van der Waals surface area contributed by atoms with Crippen molar-refractivity contribution in [3.63, 3.8) is 0 Å². The average molecular weight is 394 g/mol. The van der Waals surface area contributed by atoms with Gasteiger partial charge in [-0.1, -0.05) is 13.0 Å². The summed E-state index contributed by atoms with van der Waals surface area (Å²) < 4.78 is 11.4. The molecule has 0 spiro atoms. The molecule has 1 N–H and O–H groups in total. The molecule has 2 aliphatic heterocycles. The third-order valence-corrected chi connectivity index (χ3v) is 5.47. The van der Waals surface area contributed by atoms with Crippen molar-refractivity contribution in [3.8, 4) is 11.5 Å². The lowest BCUT2D eigenvalue weighted by Crippen LogP contribution is -2.49. The molecule has 1 atom stereocenters. The van der Waals surface area contributed by atoms with E-state index in [-0.39, 0.29) is 6.61 Å². The summed E-state index contributed by atoms with van der Waals surface area (Å²) in [5.74, 6) is 1.36. The fraction of sp³-hybridized carbons (Fsp3) is 0.714. The van der Waals surface area contributed by atoms with Crippen molar-refractivity contribution in [2.24, 2.45) is 0 Å². The van der Waals surface area contributed by atoms with Crippen LogP contribution in [-0.4, -0.2) is 92.2 Å². The molecular weight excluding hydrogens is 358 g/mol. The SMILES string of the molecule is CCN1CCN(CC(O)COc2ccc(CN3CCCCO3)cc2OC)CC1. The van der Waals surface area contributed by atoms with Gasteiger partial charge in [-0.2, -0.15) is 5.06 Å². The number of hydrogen-bond donors (Lipinski definition) is 1. The van der Waals surface area contributed by atoms with E-state index in [1.807, 2.05) is 23.3 Å². The van der Waals surface area contributed by atoms with Crippen molar-refractivity contribution in [1.82, 2.24) is 14.9 Å². The second-order valence-corrected chi connectivity index (χ2v) is 7.59. The highest BCUT2D eigenvalue weighted by atomic mass is 16.7. The number of methoxy groups -OCH3 is 1. The number of piperazine rings is 1. The van der Waals surface area contributed by atoms with Crippen molar-refractivity contribution in [3.05, 3.63) is 23.8 Å². The van der Waals surface area contributed by atoms with Crippen molar-refractivity contribution in [1.29, 1.82) is 0 Å². The Kier molecular flexibility index (Phi) is 8.36. The Morgan fingerprint density at radius 3 is 2.54 bits per heavy atom. The van der Waals surface area contributed by atoms with E-state index in [9.17, 15) is 5.11 Å². The molecule has 0 bridgehead atoms. The minimum Gasteiger partial charge on any atom is -0.493 e. The summed E-state index contributed by atoms with van der Waals surface area (Å²) in [4.78, 5) is 10.4. The molecule has 158 valence electrons. The van der Waals surface area contributed by atoms with Crippen LogP contribution in [0, 0.1) is 0 Å². The molecule has 0 aromatic heterocycles. The van der Waals surface area contributed by atoms with Gasteiger partial charge in [0.1, 0.15) is 12.7 Å². The van der Waals surface area contributed by atoms with Crippen LogP contribution in [0.5, 0.6) is 11.5 Å². The van der Waals surface area contributed by atoms with Gasteiger partial charge in [-0.3, -0.25) is 9.74 Å². The van der Waals surface area contributed by atoms with E-state index in [1.54, 1.807) is 7.11 Å². The van der Waals surface area contributed by atoms with Crippen LogP contribution in [0.3, 0.4) is 0 Å². The summed E-state index contributed by atoms with van der Waals surface area (Å²) in [7, 11) is 1.65. The molecule has 2 saturated heterocycles. The summed E-state index contributed by atoms with van der Waals surface area (Å²) in [6.07, 6.45) is 1.78. The Hall–Kier alpha value is -1.38. The lowest BCUT2D eigenvalue weighted by Gasteiger charge is -2.34. The van der Waals surface area contributed by atoms with Crippen LogP contribution in [0.2, 0.25) is 0 Å². The zero-order valence-electron chi connectivity index (χ0n) is 17.3. The van der Waals surface area contributed by atoms with Gasteiger partial charge in [-0.05, 0) is 37.1 Å². The highest BCUT2D eigenvalue weighted by Crippen LogP contribution is 2.29. The molecular formula is C21H35N3O4. The van der Waals surface area contributed by atoms with E-state index in [0.29, 0.717) is 18.0 Å². The molecule has 0 radical (unpaired) electrons. The largest absolute Gasteiger partial charge is 0.493 e. The quantitative estimate of drug-likeness (QED) is 0.684. The lowest BCUT2D eigenvalue weighted by atomic mass is 10.2. The van der Waals surface area contributed by atoms with Crippen LogP contribution in [-0.2, 0) is 11.4 Å². The van der Waals surface area contributed by atoms with Crippen molar-refractivity contribution in [2.45, 2.75) is 32.4 Å². The van der Waals surface area contributed by atoms with Crippen LogP contribution < -0.4 is 9.47 Å². The Bertz CT molecular complexity index is 587. The standard InChI is InChI=1S/C21H35N3O4/c1-3-22-9-11-23(12-10-22)16-19(25)17-27-20-7-6-18(14-21(20)26-2)15-24-8-4-5-13-28-24/h6-7,14,19,25H,3-5,8-13,15-17H2,1-2H3. The van der Waals surface area contributed by atoms with E-state index in [4.69, 9.17) is 14.3 Å². The maximum atomic E-state index is 10.4. The highest BCUT2D eigenvalue weighted by molar-refractivity contribution is 5.43. The maximum absolute atomic E-state index is 10.4. The van der Waals surface area contributed by atoms with Gasteiger partial charge in [0.25, 0.3) is 0 Å². The maximum Gasteiger partial charge on any atom is 0.161 e. The van der Waals surface area contributed by atoms with Gasteiger partial charge < -0.3 is 19.5 Å². The molecule has 7 heteroatoms. The average Bonchev–Trinajstić information content (AvgIpc) is 2.74. The third-order valence-electron chi connectivity index (χ3n) is 5.47. The number of benzene rings is 1. The third kappa shape index (κ3) is 6.32. The molecule has 2 heterocycles. The Labute approximate surface area is 168 Å². The van der Waals surface area contributed by atoms with Crippen molar-refractivity contribution in [2.75, 3.05) is 66.1 Å². The van der Waals surface area contributed by atoms with E-state index in [1.165, 1.54) is 6.42 Å². The minimum absolute atomic E-state index is 0.263. The van der Waals surface area contributed by atoms with Gasteiger partial charge in [0.05, 0.1) is 13.7 Å². The fourth-order valence-electron chi connectivity index (χ4n) is 3.73. The van der Waals surface area contributed by atoms with Gasteiger partial charge in [-0.25, -0.2) is 0 Å². The summed E-state index contributed by atoms with van der Waals surface area (Å²) in [6, 6.07) is 5.95. The summed E-state index contributed by atoms with van der Waals surface area (Å²) in [5.41, 5.74) is 1.13. The second-order valence-electron chi connectivity index (χ2n) is 7.59. The molecule has 28 heavy (non-hydrogen) atoms. The van der Waals surface area contributed by atoms with Crippen LogP contribution in [0.25, 0.3) is 0 Å². The van der Waals surface area contributed by atoms with Gasteiger partial charge in [-0.15, -0.1) is 0 Å². The van der Waals surface area contributed by atoms with Gasteiger partial charge in [0.15, 0.2) is 11.5 Å². The zero-order chi connectivity index (χ0) is 19.8. The molecule has 1 aromatic rings. The summed E-state index contributed by atoms with van der Waals surface area (Å²) in [5, 5.41) is 12.4. The molecule has 2 aliphatic rings. The first-order valence-corrected chi connectivity index (χ1v) is 10.5. The van der Waals surface area contributed by atoms with Crippen LogP contribution >= 0.6 is 0 Å². The number of likely N-dealkylation sites (N-methyl/N-ethyl adjacent to an activating group) is 1. The molecule has 7 nitrogen and oxygen atoms in total. The predicted octanol–water partition coefficient (Wildman–Crippen LogP) is 1.60. The molecule has 0 amide bonds. The highest BCUT2D eigenvalue weighted by Gasteiger charge is 2.19. The second kappa shape index (κ2) is 11.0. The van der Waals surface area contributed by atoms with Crippen LogP contribution in [0.4, 0.5) is 0 Å². The van der Waals surface area contributed by atoms with Gasteiger partial charge in [0.2, 0.25) is 0 Å². The van der Waals surface area contributed by atoms with E-state index >= 15 is 0 Å². The fourth-order valence-corrected chi connectivity index (χ4v) is 3.73. The number of aliphatic hydroxyl groups excluding tert-OH is 1. The first kappa shape index (κ1) is 21.3. The van der Waals surface area contributed by atoms with Gasteiger partial charge in [0, 0.05) is 45.8 Å². The summed E-state index contributed by atoms with van der Waals surface area (Å²) in [6.45, 7) is 10.8. The summed E-state index contributed by atoms with van der Waals surface area (Å²) >= 11 is 0. The van der Waals surface area contributed by atoms with E-state index in [0.717, 1.165) is 64.4 Å². The molecule has 0 aliphatic carbocycles. The Morgan fingerprint density at radius 1 is 1.07 bits per heavy atom. The van der Waals surface area contributed by atoms with E-state index in [2.05, 4.69) is 16.7 Å². The Morgan fingerprint density at radius 2 is 1.86 bits per heavy atom. The van der Waals surface area contributed by atoms with E-state index < -0.39 is 6.10 Å². The number of aliphatic hydroxyl groups is 1. The number of ether oxygens (including phenoxy) is 2. The predicted molar refractivity (Wildman–Crippen MR) is 109 cm³/mol. The molecule has 2 fully saturated rings. The molecule has 1 aromatic carbocycles. The number of hydrogen-bond acceptors (Lipinski definition) is 7. The topological polar surface area (TPSA) is 57.6 Å².